The Balaban J connectivity index is 1.83. The number of aromatic nitrogens is 2. The second-order valence-corrected chi connectivity index (χ2v) is 5.63. The molecule has 4 nitrogen and oxygen atoms in total. The Morgan fingerprint density at radius 1 is 1.47 bits per heavy atom. The van der Waals surface area contributed by atoms with E-state index in [1.807, 2.05) is 6.92 Å². The highest BCUT2D eigenvalue weighted by atomic mass is 15.1. The maximum absolute atomic E-state index is 4.61. The topological polar surface area (TPSA) is 33.1 Å². The van der Waals surface area contributed by atoms with Crippen LogP contribution in [-0.2, 0) is 7.05 Å². The molecule has 0 spiro atoms. The van der Waals surface area contributed by atoms with E-state index in [2.05, 4.69) is 52.1 Å². The van der Waals surface area contributed by atoms with Crippen LogP contribution in [0.3, 0.4) is 0 Å². The Kier molecular flexibility index (Phi) is 3.19. The first-order valence-corrected chi connectivity index (χ1v) is 7.00. The summed E-state index contributed by atoms with van der Waals surface area (Å²) in [5.41, 5.74) is 3.56. The van der Waals surface area contributed by atoms with Gasteiger partial charge < -0.3 is 14.8 Å². The molecule has 0 radical (unpaired) electrons. The molecule has 1 fully saturated rings. The molecule has 1 N–H and O–H groups in total. The van der Waals surface area contributed by atoms with Crippen LogP contribution in [0.15, 0.2) is 18.2 Å². The van der Waals surface area contributed by atoms with Crippen LogP contribution in [0.25, 0.3) is 11.0 Å². The van der Waals surface area contributed by atoms with E-state index in [9.17, 15) is 0 Å². The van der Waals surface area contributed by atoms with Crippen LogP contribution in [0.5, 0.6) is 0 Å². The van der Waals surface area contributed by atoms with Gasteiger partial charge in [-0.2, -0.15) is 0 Å². The van der Waals surface area contributed by atoms with Crippen molar-refractivity contribution in [1.82, 2.24) is 14.9 Å². The average Bonchev–Trinajstić information content (AvgIpc) is 2.99. The lowest BCUT2D eigenvalue weighted by molar-refractivity contribution is 0.578. The molecule has 3 rings (SSSR count). The minimum absolute atomic E-state index is 0.770. The fourth-order valence-electron chi connectivity index (χ4n) is 2.91. The second kappa shape index (κ2) is 4.85. The van der Waals surface area contributed by atoms with E-state index < -0.39 is 0 Å². The van der Waals surface area contributed by atoms with Crippen molar-refractivity contribution in [3.05, 3.63) is 24.0 Å². The third-order valence-corrected chi connectivity index (χ3v) is 4.22. The van der Waals surface area contributed by atoms with Crippen LogP contribution in [0.1, 0.15) is 12.2 Å². The zero-order valence-electron chi connectivity index (χ0n) is 12.0. The van der Waals surface area contributed by atoms with E-state index in [0.29, 0.717) is 0 Å². The van der Waals surface area contributed by atoms with Crippen molar-refractivity contribution >= 4 is 16.7 Å². The smallest absolute Gasteiger partial charge is 0.106 e. The summed E-state index contributed by atoms with van der Waals surface area (Å²) in [7, 11) is 4.24. The van der Waals surface area contributed by atoms with Crippen molar-refractivity contribution in [2.45, 2.75) is 13.3 Å². The van der Waals surface area contributed by atoms with Crippen LogP contribution in [0, 0.1) is 12.8 Å². The number of hydrogen-bond acceptors (Lipinski definition) is 3. The molecule has 1 aliphatic rings. The van der Waals surface area contributed by atoms with Gasteiger partial charge >= 0.3 is 0 Å². The van der Waals surface area contributed by atoms with E-state index >= 15 is 0 Å². The molecule has 0 bridgehead atoms. The van der Waals surface area contributed by atoms with E-state index in [0.717, 1.165) is 36.9 Å². The molecule has 19 heavy (non-hydrogen) atoms. The molecule has 2 heterocycles. The van der Waals surface area contributed by atoms with Gasteiger partial charge in [-0.1, -0.05) is 0 Å². The van der Waals surface area contributed by atoms with E-state index in [4.69, 9.17) is 0 Å². The van der Waals surface area contributed by atoms with Crippen LogP contribution in [0.2, 0.25) is 0 Å². The predicted molar refractivity (Wildman–Crippen MR) is 79.7 cm³/mol. The van der Waals surface area contributed by atoms with Gasteiger partial charge in [-0.15, -0.1) is 0 Å². The fraction of sp³-hybridized carbons (Fsp3) is 0.533. The molecule has 102 valence electrons. The molecule has 0 amide bonds. The third kappa shape index (κ3) is 2.32. The Morgan fingerprint density at radius 2 is 2.32 bits per heavy atom. The molecule has 1 atom stereocenters. The minimum Gasteiger partial charge on any atom is -0.374 e. The van der Waals surface area contributed by atoms with Crippen LogP contribution < -0.4 is 10.2 Å². The Bertz CT molecular complexity index is 581. The zero-order chi connectivity index (χ0) is 13.4. The number of anilines is 1. The third-order valence-electron chi connectivity index (χ3n) is 4.22. The lowest BCUT2D eigenvalue weighted by atomic mass is 10.1. The van der Waals surface area contributed by atoms with Crippen LogP contribution in [0.4, 0.5) is 5.69 Å². The average molecular weight is 258 g/mol. The summed E-state index contributed by atoms with van der Waals surface area (Å²) in [5, 5.41) is 3.43. The van der Waals surface area contributed by atoms with E-state index in [1.54, 1.807) is 0 Å². The van der Waals surface area contributed by atoms with Crippen LogP contribution in [-0.4, -0.2) is 36.2 Å². The predicted octanol–water partition coefficient (Wildman–Crippen LogP) is 1.93. The monoisotopic (exact) mass is 258 g/mol. The molecule has 1 unspecified atom stereocenters. The number of nitrogens with one attached hydrogen (secondary N) is 1. The number of aryl methyl sites for hydroxylation is 2. The van der Waals surface area contributed by atoms with Crippen molar-refractivity contribution in [2.24, 2.45) is 13.0 Å². The quantitative estimate of drug-likeness (QED) is 0.913. The number of benzene rings is 1. The summed E-state index contributed by atoms with van der Waals surface area (Å²) in [4.78, 5) is 6.96. The molecule has 0 saturated carbocycles. The summed E-state index contributed by atoms with van der Waals surface area (Å²) in [6.45, 7) is 5.48. The molecule has 4 heteroatoms. The minimum atomic E-state index is 0.770. The van der Waals surface area contributed by atoms with Gasteiger partial charge in [0.05, 0.1) is 11.0 Å². The molecule has 1 aliphatic heterocycles. The van der Waals surface area contributed by atoms with Gasteiger partial charge in [0.25, 0.3) is 0 Å². The van der Waals surface area contributed by atoms with Gasteiger partial charge in [0.2, 0.25) is 0 Å². The highest BCUT2D eigenvalue weighted by Gasteiger charge is 2.17. The standard InChI is InChI=1S/C15H22N4/c1-11-17-14-8-13(4-5-15(14)19(11)3)18(2)10-12-6-7-16-9-12/h4-5,8,12,16H,6-7,9-10H2,1-3H3. The lowest BCUT2D eigenvalue weighted by Gasteiger charge is -2.22. The summed E-state index contributed by atoms with van der Waals surface area (Å²) in [6.07, 6.45) is 1.29. The normalized spacial score (nSPS) is 19.2. The fourth-order valence-corrected chi connectivity index (χ4v) is 2.91. The first-order valence-electron chi connectivity index (χ1n) is 7.00. The van der Waals surface area contributed by atoms with Gasteiger partial charge in [0, 0.05) is 26.3 Å². The molecule has 2 aromatic rings. The zero-order valence-corrected chi connectivity index (χ0v) is 12.0. The summed E-state index contributed by atoms with van der Waals surface area (Å²) in [6, 6.07) is 6.57. The van der Waals surface area contributed by atoms with Gasteiger partial charge in [0.15, 0.2) is 0 Å². The molecule has 0 aliphatic carbocycles. The summed E-state index contributed by atoms with van der Waals surface area (Å²) in [5.74, 6) is 1.83. The van der Waals surface area contributed by atoms with Crippen LogP contribution >= 0.6 is 0 Å². The molecule has 1 aromatic heterocycles. The molecule has 1 aromatic carbocycles. The molecular formula is C15H22N4. The van der Waals surface area contributed by atoms with Crippen molar-refractivity contribution in [3.63, 3.8) is 0 Å². The van der Waals surface area contributed by atoms with Gasteiger partial charge in [-0.05, 0) is 50.6 Å². The van der Waals surface area contributed by atoms with Crippen molar-refractivity contribution in [2.75, 3.05) is 31.6 Å². The maximum Gasteiger partial charge on any atom is 0.106 e. The molecular weight excluding hydrogens is 236 g/mol. The highest BCUT2D eigenvalue weighted by molar-refractivity contribution is 5.80. The number of fused-ring (bicyclic) bond motifs is 1. The number of nitrogens with zero attached hydrogens (tertiary/aromatic N) is 3. The lowest BCUT2D eigenvalue weighted by Crippen LogP contribution is -2.26. The maximum atomic E-state index is 4.61. The first-order chi connectivity index (χ1) is 9.15. The Labute approximate surface area is 114 Å². The SMILES string of the molecule is Cc1nc2cc(N(C)CC3CCNC3)ccc2n1C. The van der Waals surface area contributed by atoms with Gasteiger partial charge in [-0.3, -0.25) is 0 Å². The van der Waals surface area contributed by atoms with E-state index in [-0.39, 0.29) is 0 Å². The summed E-state index contributed by atoms with van der Waals surface area (Å²) < 4.78 is 2.14. The first kappa shape index (κ1) is 12.5. The van der Waals surface area contributed by atoms with Crippen molar-refractivity contribution in [3.8, 4) is 0 Å². The highest BCUT2D eigenvalue weighted by Crippen LogP contribution is 2.23. The van der Waals surface area contributed by atoms with E-state index in [1.165, 1.54) is 17.6 Å². The number of hydrogen-bond donors (Lipinski definition) is 1. The molecule has 1 saturated heterocycles. The number of imidazole rings is 1. The Hall–Kier alpha value is -1.55. The second-order valence-electron chi connectivity index (χ2n) is 5.63. The Morgan fingerprint density at radius 3 is 3.05 bits per heavy atom. The van der Waals surface area contributed by atoms with Gasteiger partial charge in [-0.25, -0.2) is 4.98 Å². The van der Waals surface area contributed by atoms with Gasteiger partial charge in [0.1, 0.15) is 5.82 Å². The number of rotatable bonds is 3. The van der Waals surface area contributed by atoms with Crippen molar-refractivity contribution < 1.29 is 0 Å². The van der Waals surface area contributed by atoms with Crippen molar-refractivity contribution in [1.29, 1.82) is 0 Å². The largest absolute Gasteiger partial charge is 0.374 e. The summed E-state index contributed by atoms with van der Waals surface area (Å²) >= 11 is 0.